The lowest BCUT2D eigenvalue weighted by atomic mass is 10.2. The Morgan fingerprint density at radius 2 is 1.43 bits per heavy atom. The second-order valence-electron chi connectivity index (χ2n) is 6.30. The molecule has 3 aromatic rings. The molecule has 142 valence electrons. The lowest BCUT2D eigenvalue weighted by Gasteiger charge is -2.12. The quantitative estimate of drug-likeness (QED) is 0.559. The van der Waals surface area contributed by atoms with E-state index in [1.165, 1.54) is 0 Å². The molecule has 3 aromatic carbocycles. The Balaban J connectivity index is 1.63. The number of carbonyl (C=O) groups excluding carboxylic acids is 2. The first-order valence-corrected chi connectivity index (χ1v) is 8.79. The second kappa shape index (κ2) is 8.73. The lowest BCUT2D eigenvalue weighted by Crippen LogP contribution is -2.20. The average Bonchev–Trinajstić information content (AvgIpc) is 2.67. The number of anilines is 3. The van der Waals surface area contributed by atoms with E-state index in [0.717, 1.165) is 11.1 Å². The van der Waals surface area contributed by atoms with Crippen molar-refractivity contribution in [1.82, 2.24) is 0 Å². The molecular formula is C22H21N3O3. The van der Waals surface area contributed by atoms with Gasteiger partial charge in [-0.3, -0.25) is 5.32 Å². The number of amides is 3. The summed E-state index contributed by atoms with van der Waals surface area (Å²) in [4.78, 5) is 24.3. The van der Waals surface area contributed by atoms with Gasteiger partial charge in [0, 0.05) is 17.1 Å². The van der Waals surface area contributed by atoms with Crippen LogP contribution in [0.2, 0.25) is 0 Å². The summed E-state index contributed by atoms with van der Waals surface area (Å²) in [6.45, 7) is 3.85. The van der Waals surface area contributed by atoms with Gasteiger partial charge in [-0.25, -0.2) is 9.59 Å². The largest absolute Gasteiger partial charge is 0.417 e. The molecule has 28 heavy (non-hydrogen) atoms. The van der Waals surface area contributed by atoms with E-state index in [1.54, 1.807) is 42.5 Å². The van der Waals surface area contributed by atoms with E-state index in [0.29, 0.717) is 22.8 Å². The average molecular weight is 375 g/mol. The number of aryl methyl sites for hydroxylation is 2. The summed E-state index contributed by atoms with van der Waals surface area (Å²) >= 11 is 0. The number of nitrogens with one attached hydrogen (secondary N) is 3. The van der Waals surface area contributed by atoms with Gasteiger partial charge < -0.3 is 15.4 Å². The van der Waals surface area contributed by atoms with Crippen LogP contribution in [0.25, 0.3) is 0 Å². The Labute approximate surface area is 163 Å². The molecule has 3 N–H and O–H groups in total. The minimum atomic E-state index is -0.606. The number of hydrogen-bond donors (Lipinski definition) is 3. The predicted octanol–water partition coefficient (Wildman–Crippen LogP) is 5.56. The van der Waals surface area contributed by atoms with Crippen LogP contribution in [-0.2, 0) is 0 Å². The highest BCUT2D eigenvalue weighted by molar-refractivity contribution is 6.00. The summed E-state index contributed by atoms with van der Waals surface area (Å²) in [5.41, 5.74) is 3.77. The third kappa shape index (κ3) is 5.35. The molecule has 0 bridgehead atoms. The van der Waals surface area contributed by atoms with E-state index in [1.807, 2.05) is 44.2 Å². The predicted molar refractivity (Wildman–Crippen MR) is 111 cm³/mol. The third-order valence-corrected chi connectivity index (χ3v) is 4.00. The molecule has 0 heterocycles. The number of carbonyl (C=O) groups is 2. The fourth-order valence-corrected chi connectivity index (χ4v) is 2.49. The summed E-state index contributed by atoms with van der Waals surface area (Å²) in [6.07, 6.45) is -0.606. The summed E-state index contributed by atoms with van der Waals surface area (Å²) < 4.78 is 5.21. The number of ether oxygens (including phenoxy) is 1. The van der Waals surface area contributed by atoms with E-state index < -0.39 is 6.09 Å². The molecule has 0 atom stereocenters. The van der Waals surface area contributed by atoms with E-state index in [9.17, 15) is 9.59 Å². The van der Waals surface area contributed by atoms with Gasteiger partial charge >= 0.3 is 12.1 Å². The topological polar surface area (TPSA) is 79.5 Å². The van der Waals surface area contributed by atoms with Crippen molar-refractivity contribution >= 4 is 29.2 Å². The van der Waals surface area contributed by atoms with Crippen LogP contribution >= 0.6 is 0 Å². The van der Waals surface area contributed by atoms with Crippen molar-refractivity contribution in [1.29, 1.82) is 0 Å². The zero-order valence-electron chi connectivity index (χ0n) is 15.7. The second-order valence-corrected chi connectivity index (χ2v) is 6.30. The highest BCUT2D eigenvalue weighted by Gasteiger charge is 2.09. The van der Waals surface area contributed by atoms with Crippen LogP contribution in [0.5, 0.6) is 5.75 Å². The smallest absolute Gasteiger partial charge is 0.410 e. The molecule has 0 spiro atoms. The number of hydrogen-bond acceptors (Lipinski definition) is 3. The molecule has 0 saturated heterocycles. The summed E-state index contributed by atoms with van der Waals surface area (Å²) in [7, 11) is 0. The van der Waals surface area contributed by atoms with Gasteiger partial charge in [0.1, 0.15) is 5.75 Å². The van der Waals surface area contributed by atoms with Gasteiger partial charge in [-0.2, -0.15) is 0 Å². The van der Waals surface area contributed by atoms with Gasteiger partial charge in [0.2, 0.25) is 0 Å². The van der Waals surface area contributed by atoms with E-state index >= 15 is 0 Å². The fourth-order valence-electron chi connectivity index (χ4n) is 2.49. The molecule has 0 saturated carbocycles. The van der Waals surface area contributed by atoms with Gasteiger partial charge in [-0.05, 0) is 55.8 Å². The molecule has 6 nitrogen and oxygen atoms in total. The van der Waals surface area contributed by atoms with Crippen LogP contribution in [0.4, 0.5) is 26.7 Å². The summed E-state index contributed by atoms with van der Waals surface area (Å²) in [5, 5.41) is 8.22. The number of benzene rings is 3. The molecule has 0 aliphatic heterocycles. The number of rotatable bonds is 4. The van der Waals surface area contributed by atoms with Crippen LogP contribution in [0.15, 0.2) is 72.8 Å². The van der Waals surface area contributed by atoms with Gasteiger partial charge in [-0.15, -0.1) is 0 Å². The Kier molecular flexibility index (Phi) is 5.91. The van der Waals surface area contributed by atoms with Crippen molar-refractivity contribution < 1.29 is 14.3 Å². The Morgan fingerprint density at radius 3 is 2.14 bits per heavy atom. The van der Waals surface area contributed by atoms with Crippen molar-refractivity contribution in [3.8, 4) is 5.75 Å². The minimum Gasteiger partial charge on any atom is -0.410 e. The zero-order chi connectivity index (χ0) is 19.9. The first-order chi connectivity index (χ1) is 13.5. The Morgan fingerprint density at radius 1 is 0.750 bits per heavy atom. The van der Waals surface area contributed by atoms with Crippen molar-refractivity contribution in [2.24, 2.45) is 0 Å². The summed E-state index contributed by atoms with van der Waals surface area (Å²) in [6, 6.07) is 21.1. The molecular weight excluding hydrogens is 354 g/mol. The van der Waals surface area contributed by atoms with Gasteiger partial charge in [0.05, 0.1) is 0 Å². The summed E-state index contributed by atoms with van der Waals surface area (Å²) in [5.74, 6) is 0.447. The maximum Gasteiger partial charge on any atom is 0.417 e. The van der Waals surface area contributed by atoms with Crippen molar-refractivity contribution in [3.63, 3.8) is 0 Å². The Hall–Kier alpha value is -3.80. The first kappa shape index (κ1) is 19.0. The van der Waals surface area contributed by atoms with Gasteiger partial charge in [0.15, 0.2) is 0 Å². The normalized spacial score (nSPS) is 10.1. The van der Waals surface area contributed by atoms with E-state index in [4.69, 9.17) is 4.74 Å². The molecule has 0 aliphatic carbocycles. The first-order valence-electron chi connectivity index (χ1n) is 8.79. The SMILES string of the molecule is Cc1ccc(NC(=O)Nc2cc(NC(=O)Oc3ccccc3)ccc2C)cc1. The van der Waals surface area contributed by atoms with Crippen molar-refractivity contribution in [2.45, 2.75) is 13.8 Å². The van der Waals surface area contributed by atoms with Crippen LogP contribution < -0.4 is 20.7 Å². The lowest BCUT2D eigenvalue weighted by molar-refractivity contribution is 0.215. The van der Waals surface area contributed by atoms with Crippen LogP contribution in [0.3, 0.4) is 0 Å². The molecule has 0 aromatic heterocycles. The fraction of sp³-hybridized carbons (Fsp3) is 0.0909. The standard InChI is InChI=1S/C22H21N3O3/c1-15-8-11-17(12-9-15)23-21(26)25-20-14-18(13-10-16(20)2)24-22(27)28-19-6-4-3-5-7-19/h3-14H,1-2H3,(H,24,27)(H2,23,25,26). The molecule has 3 amide bonds. The highest BCUT2D eigenvalue weighted by Crippen LogP contribution is 2.21. The highest BCUT2D eigenvalue weighted by atomic mass is 16.6. The van der Waals surface area contributed by atoms with Gasteiger partial charge in [-0.1, -0.05) is 42.0 Å². The molecule has 0 fully saturated rings. The van der Waals surface area contributed by atoms with Crippen LogP contribution in [0, 0.1) is 13.8 Å². The van der Waals surface area contributed by atoms with E-state index in [-0.39, 0.29) is 6.03 Å². The van der Waals surface area contributed by atoms with Crippen molar-refractivity contribution in [2.75, 3.05) is 16.0 Å². The number of urea groups is 1. The van der Waals surface area contributed by atoms with Crippen LogP contribution in [-0.4, -0.2) is 12.1 Å². The maximum absolute atomic E-state index is 12.3. The zero-order valence-corrected chi connectivity index (χ0v) is 15.7. The maximum atomic E-state index is 12.3. The van der Waals surface area contributed by atoms with Crippen molar-refractivity contribution in [3.05, 3.63) is 83.9 Å². The molecule has 3 rings (SSSR count). The third-order valence-electron chi connectivity index (χ3n) is 4.00. The molecule has 0 aliphatic rings. The van der Waals surface area contributed by atoms with Gasteiger partial charge in [0.25, 0.3) is 0 Å². The molecule has 0 radical (unpaired) electrons. The Bertz CT molecular complexity index is 970. The molecule has 0 unspecified atom stereocenters. The monoisotopic (exact) mass is 375 g/mol. The van der Waals surface area contributed by atoms with E-state index in [2.05, 4.69) is 16.0 Å². The molecule has 6 heteroatoms. The number of para-hydroxylation sites is 1. The minimum absolute atomic E-state index is 0.365. The van der Waals surface area contributed by atoms with Crippen LogP contribution in [0.1, 0.15) is 11.1 Å².